The highest BCUT2D eigenvalue weighted by Gasteiger charge is 2.37. The summed E-state index contributed by atoms with van der Waals surface area (Å²) in [7, 11) is 0. The highest BCUT2D eigenvalue weighted by molar-refractivity contribution is 5.85. The average molecular weight is 304 g/mol. The summed E-state index contributed by atoms with van der Waals surface area (Å²) in [6.07, 6.45) is 2.43. The van der Waals surface area contributed by atoms with Crippen LogP contribution in [-0.2, 0) is 9.59 Å². The Hall–Kier alpha value is -0.810. The zero-order valence-electron chi connectivity index (χ0n) is 12.6. The highest BCUT2D eigenvalue weighted by Crippen LogP contribution is 2.22. The molecule has 2 unspecified atom stereocenters. The molecular weight excluding hydrogens is 278 g/mol. The van der Waals surface area contributed by atoms with E-state index >= 15 is 0 Å². The van der Waals surface area contributed by atoms with Gasteiger partial charge in [0.2, 0.25) is 11.8 Å². The Morgan fingerprint density at radius 3 is 2.60 bits per heavy atom. The van der Waals surface area contributed by atoms with Crippen LogP contribution in [0.1, 0.15) is 40.0 Å². The zero-order chi connectivity index (χ0) is 14.0. The van der Waals surface area contributed by atoms with E-state index < -0.39 is 0 Å². The van der Waals surface area contributed by atoms with Crippen molar-refractivity contribution in [3.05, 3.63) is 0 Å². The molecule has 2 atom stereocenters. The molecule has 0 aromatic heterocycles. The number of halogens is 1. The van der Waals surface area contributed by atoms with Crippen LogP contribution in [0, 0.1) is 5.92 Å². The molecule has 116 valence electrons. The number of hydrogen-bond acceptors (Lipinski definition) is 3. The molecule has 2 rings (SSSR count). The minimum atomic E-state index is -0.164. The monoisotopic (exact) mass is 303 g/mol. The van der Waals surface area contributed by atoms with Gasteiger partial charge in [-0.15, -0.1) is 12.4 Å². The molecule has 0 aromatic carbocycles. The van der Waals surface area contributed by atoms with Gasteiger partial charge in [-0.1, -0.05) is 0 Å². The second kappa shape index (κ2) is 6.76. The minimum Gasteiger partial charge on any atom is -0.351 e. The van der Waals surface area contributed by atoms with E-state index in [1.807, 2.05) is 25.7 Å². The molecular formula is C14H26ClN3O2. The fraction of sp³-hybridized carbons (Fsp3) is 0.857. The van der Waals surface area contributed by atoms with Crippen molar-refractivity contribution in [3.8, 4) is 0 Å². The van der Waals surface area contributed by atoms with Gasteiger partial charge < -0.3 is 15.5 Å². The number of rotatable bonds is 2. The van der Waals surface area contributed by atoms with Crippen molar-refractivity contribution < 1.29 is 9.59 Å². The Balaban J connectivity index is 0.00000200. The van der Waals surface area contributed by atoms with Crippen molar-refractivity contribution in [1.29, 1.82) is 0 Å². The molecule has 2 heterocycles. The maximum absolute atomic E-state index is 12.1. The number of nitrogens with one attached hydrogen (secondary N) is 2. The highest BCUT2D eigenvalue weighted by atomic mass is 35.5. The van der Waals surface area contributed by atoms with Crippen molar-refractivity contribution >= 4 is 24.2 Å². The summed E-state index contributed by atoms with van der Waals surface area (Å²) in [4.78, 5) is 25.9. The summed E-state index contributed by atoms with van der Waals surface area (Å²) in [5.74, 6) is 0.299. The van der Waals surface area contributed by atoms with E-state index in [0.717, 1.165) is 25.9 Å². The number of piperidine rings is 1. The molecule has 0 radical (unpaired) electrons. The fourth-order valence-electron chi connectivity index (χ4n) is 2.85. The van der Waals surface area contributed by atoms with Gasteiger partial charge in [0.25, 0.3) is 0 Å². The van der Waals surface area contributed by atoms with E-state index in [1.54, 1.807) is 0 Å². The number of nitrogens with zero attached hydrogens (tertiary/aromatic N) is 1. The first kappa shape index (κ1) is 17.2. The van der Waals surface area contributed by atoms with Crippen LogP contribution in [0.2, 0.25) is 0 Å². The maximum Gasteiger partial charge on any atom is 0.225 e. The van der Waals surface area contributed by atoms with Gasteiger partial charge in [0, 0.05) is 25.0 Å². The average Bonchev–Trinajstić information content (AvgIpc) is 2.71. The van der Waals surface area contributed by atoms with Crippen molar-refractivity contribution in [3.63, 3.8) is 0 Å². The summed E-state index contributed by atoms with van der Waals surface area (Å²) < 4.78 is 0. The molecule has 6 heteroatoms. The largest absolute Gasteiger partial charge is 0.351 e. The molecule has 2 N–H and O–H groups in total. The number of carbonyl (C=O) groups is 2. The van der Waals surface area contributed by atoms with Crippen LogP contribution in [0.5, 0.6) is 0 Å². The predicted octanol–water partition coefficient (Wildman–Crippen LogP) is 0.923. The van der Waals surface area contributed by atoms with Crippen molar-refractivity contribution in [2.24, 2.45) is 5.92 Å². The second-order valence-electron chi connectivity index (χ2n) is 6.63. The smallest absolute Gasteiger partial charge is 0.225 e. The molecule has 0 spiro atoms. The van der Waals surface area contributed by atoms with Gasteiger partial charge in [0.05, 0.1) is 12.0 Å². The number of carbonyl (C=O) groups excluding carboxylic acids is 2. The minimum absolute atomic E-state index is 0. The van der Waals surface area contributed by atoms with Crippen LogP contribution >= 0.6 is 12.4 Å². The quantitative estimate of drug-likeness (QED) is 0.797. The van der Waals surface area contributed by atoms with Gasteiger partial charge in [0.1, 0.15) is 0 Å². The molecule has 2 aliphatic heterocycles. The van der Waals surface area contributed by atoms with Crippen LogP contribution in [0.25, 0.3) is 0 Å². The molecule has 0 aliphatic carbocycles. The standard InChI is InChI=1S/C14H25N3O2.ClH/c1-14(2,3)17-9-11(7-12(17)18)16-13(19)10-5-4-6-15-8-10;/h10-11,15H,4-9H2,1-3H3,(H,16,19);1H. The summed E-state index contributed by atoms with van der Waals surface area (Å²) in [6.45, 7) is 8.48. The number of likely N-dealkylation sites (tertiary alicyclic amines) is 1. The van der Waals surface area contributed by atoms with E-state index in [2.05, 4.69) is 10.6 Å². The molecule has 0 saturated carbocycles. The van der Waals surface area contributed by atoms with Crippen molar-refractivity contribution in [2.75, 3.05) is 19.6 Å². The zero-order valence-corrected chi connectivity index (χ0v) is 13.4. The van der Waals surface area contributed by atoms with Gasteiger partial charge in [-0.05, 0) is 40.2 Å². The Morgan fingerprint density at radius 1 is 1.40 bits per heavy atom. The molecule has 2 aliphatic rings. The lowest BCUT2D eigenvalue weighted by atomic mass is 9.98. The lowest BCUT2D eigenvalue weighted by Gasteiger charge is -2.32. The molecule has 2 saturated heterocycles. The van der Waals surface area contributed by atoms with Gasteiger partial charge in [-0.2, -0.15) is 0 Å². The van der Waals surface area contributed by atoms with E-state index in [4.69, 9.17) is 0 Å². The summed E-state index contributed by atoms with van der Waals surface area (Å²) in [5, 5.41) is 6.28. The Kier molecular flexibility index (Phi) is 5.83. The Bertz CT molecular complexity index is 362. The van der Waals surface area contributed by atoms with Crippen LogP contribution in [-0.4, -0.2) is 47.9 Å². The topological polar surface area (TPSA) is 61.4 Å². The van der Waals surface area contributed by atoms with Gasteiger partial charge in [0.15, 0.2) is 0 Å². The summed E-state index contributed by atoms with van der Waals surface area (Å²) in [6, 6.07) is -0.0267. The van der Waals surface area contributed by atoms with Crippen LogP contribution in [0.3, 0.4) is 0 Å². The SMILES string of the molecule is CC(C)(C)N1CC(NC(=O)C2CCCNC2)CC1=O.Cl. The Labute approximate surface area is 127 Å². The Morgan fingerprint density at radius 2 is 2.10 bits per heavy atom. The second-order valence-corrected chi connectivity index (χ2v) is 6.63. The third-order valence-electron chi connectivity index (χ3n) is 3.95. The first-order valence-corrected chi connectivity index (χ1v) is 7.19. The van der Waals surface area contributed by atoms with Crippen LogP contribution < -0.4 is 10.6 Å². The van der Waals surface area contributed by atoms with E-state index in [0.29, 0.717) is 13.0 Å². The summed E-state index contributed by atoms with van der Waals surface area (Å²) >= 11 is 0. The molecule has 2 fully saturated rings. The third-order valence-corrected chi connectivity index (χ3v) is 3.95. The van der Waals surface area contributed by atoms with Crippen LogP contribution in [0.4, 0.5) is 0 Å². The molecule has 2 amide bonds. The van der Waals surface area contributed by atoms with Gasteiger partial charge >= 0.3 is 0 Å². The first-order chi connectivity index (χ1) is 8.88. The fourth-order valence-corrected chi connectivity index (χ4v) is 2.85. The predicted molar refractivity (Wildman–Crippen MR) is 80.9 cm³/mol. The number of amides is 2. The van der Waals surface area contributed by atoms with Crippen molar-refractivity contribution in [2.45, 2.75) is 51.6 Å². The van der Waals surface area contributed by atoms with Gasteiger partial charge in [-0.25, -0.2) is 0 Å². The number of hydrogen-bond donors (Lipinski definition) is 2. The molecule has 0 aromatic rings. The van der Waals surface area contributed by atoms with Gasteiger partial charge in [-0.3, -0.25) is 9.59 Å². The normalized spacial score (nSPS) is 27.1. The maximum atomic E-state index is 12.1. The lowest BCUT2D eigenvalue weighted by Crippen LogP contribution is -2.47. The first-order valence-electron chi connectivity index (χ1n) is 7.19. The lowest BCUT2D eigenvalue weighted by molar-refractivity contribution is -0.131. The van der Waals surface area contributed by atoms with E-state index in [1.165, 1.54) is 0 Å². The molecule has 0 bridgehead atoms. The summed E-state index contributed by atoms with van der Waals surface area (Å²) in [5.41, 5.74) is -0.164. The van der Waals surface area contributed by atoms with E-state index in [-0.39, 0.29) is 41.7 Å². The van der Waals surface area contributed by atoms with Crippen molar-refractivity contribution in [1.82, 2.24) is 15.5 Å². The third kappa shape index (κ3) is 4.09. The molecule has 5 nitrogen and oxygen atoms in total. The van der Waals surface area contributed by atoms with E-state index in [9.17, 15) is 9.59 Å². The van der Waals surface area contributed by atoms with Crippen LogP contribution in [0.15, 0.2) is 0 Å². The molecule has 20 heavy (non-hydrogen) atoms.